The van der Waals surface area contributed by atoms with Gasteiger partial charge in [-0.25, -0.2) is 4.98 Å². The van der Waals surface area contributed by atoms with Crippen LogP contribution in [0, 0.1) is 6.92 Å². The Balaban J connectivity index is 1.55. The first-order valence-electron chi connectivity index (χ1n) is 9.16. The number of hydrogen-bond acceptors (Lipinski definition) is 4. The van der Waals surface area contributed by atoms with Gasteiger partial charge in [0.2, 0.25) is 5.91 Å². The topological polar surface area (TPSA) is 68.9 Å². The highest BCUT2D eigenvalue weighted by molar-refractivity contribution is 7.99. The molecule has 1 N–H and O–H groups in total. The molecule has 2 amide bonds. The molecule has 0 fully saturated rings. The molecule has 2 aromatic heterocycles. The second-order valence-corrected chi connectivity index (χ2v) is 7.67. The first-order chi connectivity index (χ1) is 14.0. The van der Waals surface area contributed by atoms with Crippen molar-refractivity contribution >= 4 is 34.6 Å². The maximum atomic E-state index is 12.3. The molecule has 0 aliphatic carbocycles. The van der Waals surface area contributed by atoms with Crippen LogP contribution < -0.4 is 5.32 Å². The van der Waals surface area contributed by atoms with Crippen LogP contribution in [0.4, 0.5) is 0 Å². The van der Waals surface area contributed by atoms with E-state index in [1.54, 1.807) is 29.9 Å². The fraction of sp³-hybridized carbons (Fsp3) is 0.136. The number of benzene rings is 2. The fourth-order valence-corrected chi connectivity index (χ4v) is 3.93. The summed E-state index contributed by atoms with van der Waals surface area (Å²) in [6.45, 7) is 2.04. The van der Waals surface area contributed by atoms with E-state index < -0.39 is 5.91 Å². The monoisotopic (exact) mass is 404 g/mol. The van der Waals surface area contributed by atoms with Gasteiger partial charge < -0.3 is 4.57 Å². The molecule has 0 unspecified atom stereocenters. The van der Waals surface area contributed by atoms with Gasteiger partial charge in [-0.15, -0.1) is 0 Å². The summed E-state index contributed by atoms with van der Waals surface area (Å²) in [5, 5.41) is 3.14. The van der Waals surface area contributed by atoms with Crippen molar-refractivity contribution in [2.24, 2.45) is 7.05 Å². The Morgan fingerprint density at radius 1 is 1.03 bits per heavy atom. The standard InChI is InChI=1S/C22H20N4O2S/c1-15-9-11-16(12-10-15)26-18-7-4-3-6-17(18)23-22(26)29-14-20(27)24-21(28)19-8-5-13-25(19)2/h3-13H,14H2,1-2H3,(H,24,27,28). The molecular formula is C22H20N4O2S. The molecular weight excluding hydrogens is 384 g/mol. The van der Waals surface area contributed by atoms with Crippen LogP contribution in [0.15, 0.2) is 72.0 Å². The van der Waals surface area contributed by atoms with Gasteiger partial charge in [0.1, 0.15) is 5.69 Å². The maximum absolute atomic E-state index is 12.3. The molecule has 6 nitrogen and oxygen atoms in total. The van der Waals surface area contributed by atoms with Gasteiger partial charge in [-0.3, -0.25) is 19.5 Å². The largest absolute Gasteiger partial charge is 0.347 e. The average Bonchev–Trinajstić information content (AvgIpc) is 3.30. The Morgan fingerprint density at radius 2 is 1.79 bits per heavy atom. The summed E-state index contributed by atoms with van der Waals surface area (Å²) in [5.74, 6) is -0.676. The number of imide groups is 1. The predicted molar refractivity (Wildman–Crippen MR) is 114 cm³/mol. The number of carbonyl (C=O) groups excluding carboxylic acids is 2. The van der Waals surface area contributed by atoms with Crippen molar-refractivity contribution in [3.63, 3.8) is 0 Å². The van der Waals surface area contributed by atoms with Crippen molar-refractivity contribution in [2.45, 2.75) is 12.1 Å². The number of imidazole rings is 1. The van der Waals surface area contributed by atoms with Crippen LogP contribution in [0.3, 0.4) is 0 Å². The van der Waals surface area contributed by atoms with Crippen LogP contribution >= 0.6 is 11.8 Å². The van der Waals surface area contributed by atoms with Crippen LogP contribution in [0.5, 0.6) is 0 Å². The van der Waals surface area contributed by atoms with E-state index >= 15 is 0 Å². The van der Waals surface area contributed by atoms with Crippen molar-refractivity contribution in [1.29, 1.82) is 0 Å². The van der Waals surface area contributed by atoms with Crippen molar-refractivity contribution in [1.82, 2.24) is 19.4 Å². The van der Waals surface area contributed by atoms with Crippen molar-refractivity contribution in [3.8, 4) is 5.69 Å². The zero-order valence-corrected chi connectivity index (χ0v) is 16.9. The lowest BCUT2D eigenvalue weighted by Gasteiger charge is -2.09. The molecule has 4 rings (SSSR count). The molecule has 0 aliphatic heterocycles. The van der Waals surface area contributed by atoms with E-state index in [2.05, 4.69) is 10.3 Å². The summed E-state index contributed by atoms with van der Waals surface area (Å²) in [5.41, 5.74) is 4.42. The third-order valence-electron chi connectivity index (χ3n) is 4.58. The Morgan fingerprint density at radius 3 is 2.52 bits per heavy atom. The number of nitrogens with zero attached hydrogens (tertiary/aromatic N) is 3. The van der Waals surface area contributed by atoms with Gasteiger partial charge in [-0.05, 0) is 43.3 Å². The Labute approximate surface area is 172 Å². The lowest BCUT2D eigenvalue weighted by Crippen LogP contribution is -2.33. The third-order valence-corrected chi connectivity index (χ3v) is 5.52. The number of thioether (sulfide) groups is 1. The third kappa shape index (κ3) is 3.95. The molecule has 2 aromatic carbocycles. The number of aryl methyl sites for hydroxylation is 2. The number of nitrogens with one attached hydrogen (secondary N) is 1. The van der Waals surface area contributed by atoms with Gasteiger partial charge in [0.05, 0.1) is 16.8 Å². The van der Waals surface area contributed by atoms with E-state index in [0.717, 1.165) is 16.7 Å². The molecule has 0 aliphatic rings. The highest BCUT2D eigenvalue weighted by Crippen LogP contribution is 2.28. The summed E-state index contributed by atoms with van der Waals surface area (Å²) in [6, 6.07) is 19.5. The molecule has 0 radical (unpaired) electrons. The zero-order chi connectivity index (χ0) is 20.4. The van der Waals surface area contributed by atoms with Crippen LogP contribution in [0.1, 0.15) is 16.1 Å². The predicted octanol–water partition coefficient (Wildman–Crippen LogP) is 3.72. The zero-order valence-electron chi connectivity index (χ0n) is 16.1. The van der Waals surface area contributed by atoms with E-state index in [1.807, 2.05) is 60.0 Å². The quantitative estimate of drug-likeness (QED) is 0.515. The van der Waals surface area contributed by atoms with Gasteiger partial charge >= 0.3 is 0 Å². The van der Waals surface area contributed by atoms with E-state index in [9.17, 15) is 9.59 Å². The smallest absolute Gasteiger partial charge is 0.274 e. The molecule has 0 spiro atoms. The summed E-state index contributed by atoms with van der Waals surface area (Å²) in [6.07, 6.45) is 1.76. The molecule has 0 bridgehead atoms. The SMILES string of the molecule is Cc1ccc(-n2c(SCC(=O)NC(=O)c3cccn3C)nc3ccccc32)cc1. The normalized spacial score (nSPS) is 11.0. The highest BCUT2D eigenvalue weighted by Gasteiger charge is 2.17. The number of amides is 2. The minimum atomic E-state index is -0.407. The number of hydrogen-bond donors (Lipinski definition) is 1. The van der Waals surface area contributed by atoms with Gasteiger partial charge in [-0.1, -0.05) is 41.6 Å². The van der Waals surface area contributed by atoms with Gasteiger partial charge in [0, 0.05) is 18.9 Å². The molecule has 0 saturated heterocycles. The number of fused-ring (bicyclic) bond motifs is 1. The van der Waals surface area contributed by atoms with Gasteiger partial charge in [0.15, 0.2) is 5.16 Å². The molecule has 0 atom stereocenters. The lowest BCUT2D eigenvalue weighted by atomic mass is 10.2. The average molecular weight is 404 g/mol. The van der Waals surface area contributed by atoms with E-state index in [0.29, 0.717) is 10.9 Å². The first-order valence-corrected chi connectivity index (χ1v) is 10.1. The fourth-order valence-electron chi connectivity index (χ4n) is 3.10. The van der Waals surface area contributed by atoms with E-state index in [-0.39, 0.29) is 11.7 Å². The Hall–Kier alpha value is -3.32. The van der Waals surface area contributed by atoms with Crippen molar-refractivity contribution < 1.29 is 9.59 Å². The molecule has 2 heterocycles. The van der Waals surface area contributed by atoms with Gasteiger partial charge in [0.25, 0.3) is 5.91 Å². The molecule has 29 heavy (non-hydrogen) atoms. The molecule has 0 saturated carbocycles. The molecule has 7 heteroatoms. The maximum Gasteiger partial charge on any atom is 0.274 e. The van der Waals surface area contributed by atoms with Gasteiger partial charge in [-0.2, -0.15) is 0 Å². The Bertz CT molecular complexity index is 1190. The summed E-state index contributed by atoms with van der Waals surface area (Å²) < 4.78 is 3.71. The molecule has 4 aromatic rings. The lowest BCUT2D eigenvalue weighted by molar-refractivity contribution is -0.117. The second kappa shape index (κ2) is 7.97. The minimum absolute atomic E-state index is 0.0886. The van der Waals surface area contributed by atoms with Crippen LogP contribution in [0.25, 0.3) is 16.7 Å². The van der Waals surface area contributed by atoms with Crippen LogP contribution in [0.2, 0.25) is 0 Å². The van der Waals surface area contributed by atoms with Crippen molar-refractivity contribution in [3.05, 3.63) is 78.1 Å². The van der Waals surface area contributed by atoms with Crippen molar-refractivity contribution in [2.75, 3.05) is 5.75 Å². The molecule has 146 valence electrons. The van der Waals surface area contributed by atoms with Crippen LogP contribution in [-0.4, -0.2) is 31.7 Å². The first kappa shape index (κ1) is 19.0. The summed E-state index contributed by atoms with van der Waals surface area (Å²) in [4.78, 5) is 29.3. The number of aromatic nitrogens is 3. The second-order valence-electron chi connectivity index (χ2n) is 6.72. The number of carbonyl (C=O) groups is 2. The number of rotatable bonds is 5. The minimum Gasteiger partial charge on any atom is -0.347 e. The number of para-hydroxylation sites is 2. The van der Waals surface area contributed by atoms with Crippen LogP contribution in [-0.2, 0) is 11.8 Å². The Kier molecular flexibility index (Phi) is 5.22. The summed E-state index contributed by atoms with van der Waals surface area (Å²) in [7, 11) is 1.76. The summed E-state index contributed by atoms with van der Waals surface area (Å²) >= 11 is 1.30. The highest BCUT2D eigenvalue weighted by atomic mass is 32.2. The van der Waals surface area contributed by atoms with E-state index in [4.69, 9.17) is 0 Å². The van der Waals surface area contributed by atoms with E-state index in [1.165, 1.54) is 17.3 Å².